The highest BCUT2D eigenvalue weighted by molar-refractivity contribution is 7.99. The quantitative estimate of drug-likeness (QED) is 0.669. The van der Waals surface area contributed by atoms with Gasteiger partial charge in [0.05, 0.1) is 0 Å². The zero-order chi connectivity index (χ0) is 14.7. The number of hydrogen-bond acceptors (Lipinski definition) is 4. The lowest BCUT2D eigenvalue weighted by molar-refractivity contribution is 0.513. The van der Waals surface area contributed by atoms with Crippen molar-refractivity contribution in [2.45, 2.75) is 82.0 Å². The summed E-state index contributed by atoms with van der Waals surface area (Å²) in [6, 6.07) is 1.31. The Bertz CT molecular complexity index is 451. The maximum atomic E-state index is 4.50. The van der Waals surface area contributed by atoms with E-state index in [-0.39, 0.29) is 0 Å². The van der Waals surface area contributed by atoms with E-state index >= 15 is 0 Å². The first kappa shape index (κ1) is 15.3. The van der Waals surface area contributed by atoms with Crippen LogP contribution >= 0.6 is 11.8 Å². The molecule has 118 valence electrons. The van der Waals surface area contributed by atoms with Gasteiger partial charge in [0.25, 0.3) is 0 Å². The Morgan fingerprint density at radius 3 is 2.62 bits per heavy atom. The predicted octanol–water partition coefficient (Wildman–Crippen LogP) is 3.75. The summed E-state index contributed by atoms with van der Waals surface area (Å²) in [6.07, 6.45) is 8.95. The molecule has 0 aromatic carbocycles. The summed E-state index contributed by atoms with van der Waals surface area (Å²) in [4.78, 5) is 0. The first-order valence-electron chi connectivity index (χ1n) is 8.64. The van der Waals surface area contributed by atoms with Gasteiger partial charge in [0.15, 0.2) is 5.16 Å². The van der Waals surface area contributed by atoms with Crippen molar-refractivity contribution in [2.75, 3.05) is 12.3 Å². The second-order valence-corrected chi connectivity index (χ2v) is 7.45. The summed E-state index contributed by atoms with van der Waals surface area (Å²) in [7, 11) is 0. The second kappa shape index (κ2) is 7.14. The molecule has 2 fully saturated rings. The van der Waals surface area contributed by atoms with Gasteiger partial charge in [-0.05, 0) is 45.1 Å². The van der Waals surface area contributed by atoms with Crippen LogP contribution in [0.15, 0.2) is 5.16 Å². The normalized spacial score (nSPS) is 19.9. The summed E-state index contributed by atoms with van der Waals surface area (Å²) < 4.78 is 2.46. The molecule has 0 saturated heterocycles. The average Bonchev–Trinajstić information content (AvgIpc) is 3.40. The van der Waals surface area contributed by atoms with Crippen molar-refractivity contribution in [1.29, 1.82) is 0 Å². The first-order valence-corrected chi connectivity index (χ1v) is 9.63. The minimum atomic E-state index is 0.605. The van der Waals surface area contributed by atoms with Gasteiger partial charge in [-0.15, -0.1) is 10.2 Å². The molecule has 1 aromatic heterocycles. The molecule has 0 aliphatic heterocycles. The average molecular weight is 308 g/mol. The van der Waals surface area contributed by atoms with E-state index in [2.05, 4.69) is 33.9 Å². The van der Waals surface area contributed by atoms with Crippen LogP contribution in [-0.4, -0.2) is 33.1 Å². The van der Waals surface area contributed by atoms with Gasteiger partial charge >= 0.3 is 0 Å². The highest BCUT2D eigenvalue weighted by Crippen LogP contribution is 2.46. The molecule has 4 nitrogen and oxygen atoms in total. The number of nitrogens with zero attached hydrogens (tertiary/aromatic N) is 3. The van der Waals surface area contributed by atoms with Crippen LogP contribution in [0.3, 0.4) is 0 Å². The lowest BCUT2D eigenvalue weighted by Gasteiger charge is -2.17. The smallest absolute Gasteiger partial charge is 0.191 e. The minimum Gasteiger partial charge on any atom is -0.313 e. The maximum Gasteiger partial charge on any atom is 0.191 e. The van der Waals surface area contributed by atoms with Gasteiger partial charge in [-0.25, -0.2) is 0 Å². The van der Waals surface area contributed by atoms with Crippen molar-refractivity contribution in [3.63, 3.8) is 0 Å². The fourth-order valence-electron chi connectivity index (χ4n) is 2.80. The third kappa shape index (κ3) is 4.01. The lowest BCUT2D eigenvalue weighted by atomic mass is 10.2. The van der Waals surface area contributed by atoms with E-state index < -0.39 is 0 Å². The number of aromatic nitrogens is 3. The first-order chi connectivity index (χ1) is 10.3. The molecule has 2 saturated carbocycles. The molecule has 1 aromatic rings. The molecule has 0 bridgehead atoms. The monoisotopic (exact) mass is 308 g/mol. The fraction of sp³-hybridized carbons (Fsp3) is 0.875. The molecule has 0 amide bonds. The Labute approximate surface area is 132 Å². The van der Waals surface area contributed by atoms with E-state index in [1.807, 2.05) is 11.8 Å². The molecule has 0 spiro atoms. The Hall–Kier alpha value is -0.550. The van der Waals surface area contributed by atoms with Gasteiger partial charge in [-0.3, -0.25) is 0 Å². The number of thioether (sulfide) groups is 1. The Balaban J connectivity index is 1.61. The van der Waals surface area contributed by atoms with Crippen LogP contribution in [0.25, 0.3) is 0 Å². The van der Waals surface area contributed by atoms with Crippen LogP contribution in [0.1, 0.15) is 76.6 Å². The van der Waals surface area contributed by atoms with E-state index in [1.54, 1.807) is 0 Å². The third-order valence-corrected chi connectivity index (χ3v) is 5.38. The molecule has 1 unspecified atom stereocenters. The molecule has 1 N–H and O–H groups in total. The van der Waals surface area contributed by atoms with E-state index in [9.17, 15) is 0 Å². The molecular formula is C16H28N4S. The van der Waals surface area contributed by atoms with Crippen LogP contribution in [0.4, 0.5) is 0 Å². The van der Waals surface area contributed by atoms with E-state index in [4.69, 9.17) is 0 Å². The number of nitrogens with one attached hydrogen (secondary N) is 1. The van der Waals surface area contributed by atoms with Crippen molar-refractivity contribution >= 4 is 11.8 Å². The molecule has 1 heterocycles. The zero-order valence-corrected chi connectivity index (χ0v) is 14.2. The van der Waals surface area contributed by atoms with E-state index in [0.29, 0.717) is 18.0 Å². The van der Waals surface area contributed by atoms with Crippen molar-refractivity contribution in [3.05, 3.63) is 5.82 Å². The van der Waals surface area contributed by atoms with Gasteiger partial charge in [-0.2, -0.15) is 0 Å². The molecule has 1 atom stereocenters. The van der Waals surface area contributed by atoms with Crippen molar-refractivity contribution < 1.29 is 0 Å². The zero-order valence-electron chi connectivity index (χ0n) is 13.3. The predicted molar refractivity (Wildman–Crippen MR) is 88.0 cm³/mol. The summed E-state index contributed by atoms with van der Waals surface area (Å²) >= 11 is 1.91. The van der Waals surface area contributed by atoms with Crippen LogP contribution in [-0.2, 0) is 0 Å². The Morgan fingerprint density at radius 2 is 2.00 bits per heavy atom. The van der Waals surface area contributed by atoms with Gasteiger partial charge in [0, 0.05) is 23.8 Å². The second-order valence-electron chi connectivity index (χ2n) is 6.47. The molecule has 21 heavy (non-hydrogen) atoms. The third-order valence-electron chi connectivity index (χ3n) is 4.28. The van der Waals surface area contributed by atoms with Gasteiger partial charge < -0.3 is 9.88 Å². The number of rotatable bonds is 10. The number of hydrogen-bond donors (Lipinski definition) is 1. The molecular weight excluding hydrogens is 280 g/mol. The van der Waals surface area contributed by atoms with Crippen LogP contribution in [0.2, 0.25) is 0 Å². The topological polar surface area (TPSA) is 42.7 Å². The van der Waals surface area contributed by atoms with E-state index in [1.165, 1.54) is 55.9 Å². The Morgan fingerprint density at radius 1 is 1.19 bits per heavy atom. The van der Waals surface area contributed by atoms with Crippen molar-refractivity contribution in [1.82, 2.24) is 20.1 Å². The molecule has 2 aliphatic carbocycles. The SMILES string of the molecule is CCCNC(CCC)CSc1nnc(C2CC2)n1C1CC1. The maximum absolute atomic E-state index is 4.50. The summed E-state index contributed by atoms with van der Waals surface area (Å²) in [5.74, 6) is 3.09. The molecule has 3 rings (SSSR count). The van der Waals surface area contributed by atoms with E-state index in [0.717, 1.165) is 12.3 Å². The summed E-state index contributed by atoms with van der Waals surface area (Å²) in [6.45, 7) is 5.62. The van der Waals surface area contributed by atoms with Crippen molar-refractivity contribution in [2.24, 2.45) is 0 Å². The highest BCUT2D eigenvalue weighted by atomic mass is 32.2. The van der Waals surface area contributed by atoms with Gasteiger partial charge in [0.1, 0.15) is 5.82 Å². The minimum absolute atomic E-state index is 0.605. The summed E-state index contributed by atoms with van der Waals surface area (Å²) in [5, 5.41) is 13.8. The van der Waals surface area contributed by atoms with Crippen molar-refractivity contribution in [3.8, 4) is 0 Å². The molecule has 0 radical (unpaired) electrons. The van der Waals surface area contributed by atoms with Gasteiger partial charge in [0.2, 0.25) is 0 Å². The lowest BCUT2D eigenvalue weighted by Crippen LogP contribution is -2.31. The van der Waals surface area contributed by atoms with Crippen LogP contribution < -0.4 is 5.32 Å². The molecule has 5 heteroatoms. The highest BCUT2D eigenvalue weighted by Gasteiger charge is 2.36. The fourth-order valence-corrected chi connectivity index (χ4v) is 3.91. The van der Waals surface area contributed by atoms with Crippen LogP contribution in [0, 0.1) is 0 Å². The van der Waals surface area contributed by atoms with Gasteiger partial charge in [-0.1, -0.05) is 32.0 Å². The Kier molecular flexibility index (Phi) is 5.22. The molecule has 2 aliphatic rings. The van der Waals surface area contributed by atoms with Crippen LogP contribution in [0.5, 0.6) is 0 Å². The largest absolute Gasteiger partial charge is 0.313 e. The summed E-state index contributed by atoms with van der Waals surface area (Å²) in [5.41, 5.74) is 0. The standard InChI is InChI=1S/C16H28N4S/c1-3-5-13(17-10-4-2)11-21-16-19-18-15(12-6-7-12)20(16)14-8-9-14/h12-14,17H,3-11H2,1-2H3.